The lowest BCUT2D eigenvalue weighted by Crippen LogP contribution is -2.38. The van der Waals surface area contributed by atoms with Gasteiger partial charge in [-0.1, -0.05) is 54.6 Å². The molecule has 0 spiro atoms. The van der Waals surface area contributed by atoms with E-state index in [1.807, 2.05) is 48.5 Å². The summed E-state index contributed by atoms with van der Waals surface area (Å²) in [6.07, 6.45) is 1.46. The fourth-order valence-electron chi connectivity index (χ4n) is 3.26. The Bertz CT molecular complexity index is 747. The molecule has 2 aromatic rings. The fourth-order valence-corrected chi connectivity index (χ4v) is 3.26. The number of nitrogens with zero attached hydrogens (tertiary/aromatic N) is 1. The lowest BCUT2D eigenvalue weighted by molar-refractivity contribution is -0.119. The third-order valence-electron chi connectivity index (χ3n) is 4.30. The first-order valence-electron chi connectivity index (χ1n) is 7.97. The van der Waals surface area contributed by atoms with Crippen LogP contribution in [0.4, 0.5) is 0 Å². The van der Waals surface area contributed by atoms with Gasteiger partial charge >= 0.3 is 0 Å². The van der Waals surface area contributed by atoms with Crippen LogP contribution in [0.15, 0.2) is 59.6 Å². The van der Waals surface area contributed by atoms with Gasteiger partial charge in [-0.05, 0) is 43.4 Å². The van der Waals surface area contributed by atoms with Gasteiger partial charge < -0.3 is 5.73 Å². The zero-order valence-corrected chi connectivity index (χ0v) is 13.6. The molecule has 1 heterocycles. The van der Waals surface area contributed by atoms with Crippen LogP contribution in [0.2, 0.25) is 0 Å². The van der Waals surface area contributed by atoms with Gasteiger partial charge in [0.1, 0.15) is 0 Å². The third kappa shape index (κ3) is 3.34. The summed E-state index contributed by atoms with van der Waals surface area (Å²) in [4.78, 5) is 17.1. The molecule has 1 amide bonds. The molecule has 3 nitrogen and oxygen atoms in total. The Balaban J connectivity index is 2.04. The molecule has 0 unspecified atom stereocenters. The smallest absolute Gasteiger partial charge is 0.226 e. The van der Waals surface area contributed by atoms with Crippen molar-refractivity contribution in [2.45, 2.75) is 32.2 Å². The molecule has 0 bridgehead atoms. The Morgan fingerprint density at radius 1 is 1.13 bits per heavy atom. The maximum absolute atomic E-state index is 12.2. The van der Waals surface area contributed by atoms with E-state index in [-0.39, 0.29) is 11.4 Å². The molecule has 1 atom stereocenters. The molecule has 3 heteroatoms. The van der Waals surface area contributed by atoms with Gasteiger partial charge in [-0.3, -0.25) is 9.79 Å². The number of fused-ring (bicyclic) bond motifs is 1. The first kappa shape index (κ1) is 15.5. The monoisotopic (exact) mass is 306 g/mol. The SMILES string of the molecule is CC1(C)Cc2ccccc2C([C@H](Cc2ccccc2)C(N)=O)=N1. The largest absolute Gasteiger partial charge is 0.369 e. The highest BCUT2D eigenvalue weighted by Gasteiger charge is 2.32. The number of amides is 1. The number of primary amides is 1. The molecule has 2 N–H and O–H groups in total. The maximum Gasteiger partial charge on any atom is 0.226 e. The van der Waals surface area contributed by atoms with Crippen molar-refractivity contribution >= 4 is 11.6 Å². The first-order valence-corrected chi connectivity index (χ1v) is 7.97. The van der Waals surface area contributed by atoms with Crippen LogP contribution in [0.5, 0.6) is 0 Å². The molecule has 1 aliphatic rings. The Labute approximate surface area is 137 Å². The van der Waals surface area contributed by atoms with Crippen LogP contribution in [-0.2, 0) is 17.6 Å². The molecule has 118 valence electrons. The van der Waals surface area contributed by atoms with Crippen LogP contribution in [0.25, 0.3) is 0 Å². The Morgan fingerprint density at radius 2 is 1.78 bits per heavy atom. The average Bonchev–Trinajstić information content (AvgIpc) is 2.52. The topological polar surface area (TPSA) is 55.5 Å². The number of hydrogen-bond donors (Lipinski definition) is 1. The van der Waals surface area contributed by atoms with E-state index in [9.17, 15) is 4.79 Å². The van der Waals surface area contributed by atoms with E-state index >= 15 is 0 Å². The summed E-state index contributed by atoms with van der Waals surface area (Å²) in [5.74, 6) is -0.724. The number of aliphatic imine (C=N–C) groups is 1. The minimum atomic E-state index is -0.405. The summed E-state index contributed by atoms with van der Waals surface area (Å²) < 4.78 is 0. The summed E-state index contributed by atoms with van der Waals surface area (Å²) in [5.41, 5.74) is 9.75. The predicted octanol–water partition coefficient (Wildman–Crippen LogP) is 3.15. The van der Waals surface area contributed by atoms with Crippen LogP contribution in [0, 0.1) is 5.92 Å². The van der Waals surface area contributed by atoms with Crippen molar-refractivity contribution in [3.8, 4) is 0 Å². The highest BCUT2D eigenvalue weighted by Crippen LogP contribution is 2.30. The molecule has 0 radical (unpaired) electrons. The van der Waals surface area contributed by atoms with Crippen LogP contribution < -0.4 is 5.73 Å². The molecule has 2 aromatic carbocycles. The Morgan fingerprint density at radius 3 is 2.48 bits per heavy atom. The van der Waals surface area contributed by atoms with Gasteiger partial charge in [-0.15, -0.1) is 0 Å². The van der Waals surface area contributed by atoms with E-state index < -0.39 is 5.92 Å². The highest BCUT2D eigenvalue weighted by atomic mass is 16.1. The number of carbonyl (C=O) groups is 1. The molecular weight excluding hydrogens is 284 g/mol. The van der Waals surface area contributed by atoms with Gasteiger partial charge in [0, 0.05) is 0 Å². The van der Waals surface area contributed by atoms with Crippen LogP contribution in [0.3, 0.4) is 0 Å². The van der Waals surface area contributed by atoms with Crippen molar-refractivity contribution in [2.24, 2.45) is 16.6 Å². The van der Waals surface area contributed by atoms with E-state index in [0.29, 0.717) is 6.42 Å². The number of carbonyl (C=O) groups excluding carboxylic acids is 1. The molecule has 1 aliphatic heterocycles. The minimum absolute atomic E-state index is 0.214. The number of rotatable bonds is 4. The molecule has 23 heavy (non-hydrogen) atoms. The van der Waals surface area contributed by atoms with E-state index in [4.69, 9.17) is 10.7 Å². The van der Waals surface area contributed by atoms with Gasteiger partial charge in [0.25, 0.3) is 0 Å². The summed E-state index contributed by atoms with van der Waals surface area (Å²) >= 11 is 0. The van der Waals surface area contributed by atoms with Crippen molar-refractivity contribution in [1.82, 2.24) is 0 Å². The van der Waals surface area contributed by atoms with Crippen molar-refractivity contribution in [3.05, 3.63) is 71.3 Å². The Hall–Kier alpha value is -2.42. The lowest BCUT2D eigenvalue weighted by atomic mass is 9.81. The zero-order chi connectivity index (χ0) is 16.4. The minimum Gasteiger partial charge on any atom is -0.369 e. The summed E-state index contributed by atoms with van der Waals surface area (Å²) in [6.45, 7) is 4.20. The molecule has 0 aliphatic carbocycles. The van der Waals surface area contributed by atoms with Gasteiger partial charge in [0.05, 0.1) is 17.2 Å². The summed E-state index contributed by atoms with van der Waals surface area (Å²) in [7, 11) is 0. The highest BCUT2D eigenvalue weighted by molar-refractivity contribution is 6.14. The van der Waals surface area contributed by atoms with Crippen LogP contribution in [-0.4, -0.2) is 17.2 Å². The second-order valence-electron chi connectivity index (χ2n) is 6.79. The predicted molar refractivity (Wildman–Crippen MR) is 93.6 cm³/mol. The van der Waals surface area contributed by atoms with E-state index in [2.05, 4.69) is 19.9 Å². The van der Waals surface area contributed by atoms with Gasteiger partial charge in [0.2, 0.25) is 5.91 Å². The molecule has 0 aromatic heterocycles. The normalized spacial score (nSPS) is 17.0. The average molecular weight is 306 g/mol. The lowest BCUT2D eigenvalue weighted by Gasteiger charge is -2.31. The zero-order valence-electron chi connectivity index (χ0n) is 13.6. The summed E-state index contributed by atoms with van der Waals surface area (Å²) in [6, 6.07) is 18.2. The van der Waals surface area contributed by atoms with Crippen molar-refractivity contribution in [2.75, 3.05) is 0 Å². The van der Waals surface area contributed by atoms with Gasteiger partial charge in [0.15, 0.2) is 0 Å². The van der Waals surface area contributed by atoms with Crippen LogP contribution >= 0.6 is 0 Å². The second kappa shape index (κ2) is 5.99. The van der Waals surface area contributed by atoms with Crippen LogP contribution in [0.1, 0.15) is 30.5 Å². The molecule has 3 rings (SSSR count). The third-order valence-corrected chi connectivity index (χ3v) is 4.30. The summed E-state index contributed by atoms with van der Waals surface area (Å²) in [5, 5.41) is 0. The number of hydrogen-bond acceptors (Lipinski definition) is 2. The van der Waals surface area contributed by atoms with Gasteiger partial charge in [-0.25, -0.2) is 0 Å². The van der Waals surface area contributed by atoms with Gasteiger partial charge in [-0.2, -0.15) is 0 Å². The fraction of sp³-hybridized carbons (Fsp3) is 0.300. The maximum atomic E-state index is 12.2. The second-order valence-corrected chi connectivity index (χ2v) is 6.79. The standard InChI is InChI=1S/C20H22N2O/c1-20(2)13-15-10-6-7-11-16(15)18(22-20)17(19(21)23)12-14-8-4-3-5-9-14/h3-11,17H,12-13H2,1-2H3,(H2,21,23)/t17-/m0/s1. The number of benzene rings is 2. The van der Waals surface area contributed by atoms with Crippen molar-refractivity contribution in [3.63, 3.8) is 0 Å². The van der Waals surface area contributed by atoms with Crippen molar-refractivity contribution in [1.29, 1.82) is 0 Å². The van der Waals surface area contributed by atoms with E-state index in [1.165, 1.54) is 5.56 Å². The molecule has 0 saturated carbocycles. The molecule has 0 saturated heterocycles. The number of nitrogens with two attached hydrogens (primary N) is 1. The molecular formula is C20H22N2O. The Kier molecular flexibility index (Phi) is 4.03. The van der Waals surface area contributed by atoms with E-state index in [0.717, 1.165) is 23.3 Å². The quantitative estimate of drug-likeness (QED) is 0.927. The van der Waals surface area contributed by atoms with Crippen molar-refractivity contribution < 1.29 is 4.79 Å². The first-order chi connectivity index (χ1) is 11.0. The molecule has 0 fully saturated rings. The van der Waals surface area contributed by atoms with E-state index in [1.54, 1.807) is 0 Å².